The number of phenolic OH excluding ortho intramolecular Hbond substituents is 2. The number of nitrogens with zero attached hydrogens (tertiary/aromatic N) is 1. The van der Waals surface area contributed by atoms with Crippen LogP contribution in [-0.2, 0) is 24.1 Å². The molecule has 1 heterocycles. The molecule has 0 fully saturated rings. The van der Waals surface area contributed by atoms with Crippen LogP contribution in [0.2, 0.25) is 0 Å². The summed E-state index contributed by atoms with van der Waals surface area (Å²) in [5.74, 6) is -0.290. The van der Waals surface area contributed by atoms with E-state index in [9.17, 15) is 20.1 Å². The summed E-state index contributed by atoms with van der Waals surface area (Å²) in [4.78, 5) is 12.2. The fraction of sp³-hybridized carbons (Fsp3) is 0.300. The average Bonchev–Trinajstić information content (AvgIpc) is 3.22. The summed E-state index contributed by atoms with van der Waals surface area (Å²) in [6.45, 7) is 2.27. The molecule has 0 amide bonds. The quantitative estimate of drug-likeness (QED) is 0.243. The normalized spacial score (nSPS) is 11.7. The fourth-order valence-corrected chi connectivity index (χ4v) is 4.33. The number of carbonyl (C=O) groups excluding carboxylic acids is 1. The number of esters is 1. The van der Waals surface area contributed by atoms with E-state index in [0.29, 0.717) is 17.5 Å². The van der Waals surface area contributed by atoms with E-state index in [1.165, 1.54) is 0 Å². The summed E-state index contributed by atoms with van der Waals surface area (Å²) in [6, 6.07) is 19.9. The van der Waals surface area contributed by atoms with Gasteiger partial charge in [-0.05, 0) is 48.2 Å². The number of aromatic hydroxyl groups is 2. The third kappa shape index (κ3) is 6.07. The lowest BCUT2D eigenvalue weighted by Crippen LogP contribution is -2.20. The standard InChI is InChI=1S/C29H31NO5.CH4/c1-2-3-9-20-14-15-27(32)25(28(20)33)18-30-17-22(24-12-7-8-13-26(24)30)16-23(31)19-35-29(34)21-10-5-4-6-11-21;/h4-8,10-15,17,23,31-33H,2-3,9,16,18-19H2,1H3;1H4/t23-;/m0./s1. The molecule has 0 aliphatic heterocycles. The minimum atomic E-state index is -0.874. The van der Waals surface area contributed by atoms with E-state index in [1.807, 2.05) is 41.1 Å². The summed E-state index contributed by atoms with van der Waals surface area (Å²) in [7, 11) is 0. The zero-order chi connectivity index (χ0) is 24.8. The summed E-state index contributed by atoms with van der Waals surface area (Å²) in [5.41, 5.74) is 3.56. The van der Waals surface area contributed by atoms with Crippen molar-refractivity contribution in [3.05, 3.63) is 95.2 Å². The highest BCUT2D eigenvalue weighted by atomic mass is 16.5. The summed E-state index contributed by atoms with van der Waals surface area (Å²) >= 11 is 0. The Morgan fingerprint density at radius 1 is 0.972 bits per heavy atom. The molecule has 4 rings (SSSR count). The molecular formula is C30H35NO5. The van der Waals surface area contributed by atoms with Crippen LogP contribution in [0.15, 0.2) is 72.9 Å². The van der Waals surface area contributed by atoms with E-state index < -0.39 is 12.1 Å². The first-order valence-corrected chi connectivity index (χ1v) is 12.0. The molecule has 1 atom stereocenters. The monoisotopic (exact) mass is 489 g/mol. The molecule has 0 bridgehead atoms. The van der Waals surface area contributed by atoms with Gasteiger partial charge in [0.25, 0.3) is 0 Å². The van der Waals surface area contributed by atoms with Crippen molar-refractivity contribution in [2.24, 2.45) is 0 Å². The van der Waals surface area contributed by atoms with Crippen molar-refractivity contribution in [1.29, 1.82) is 0 Å². The SMILES string of the molecule is C.CCCCc1ccc(O)c(Cn2cc(C[C@H](O)COC(=O)c3ccccc3)c3ccccc32)c1O. The van der Waals surface area contributed by atoms with Crippen LogP contribution in [-0.4, -0.2) is 38.6 Å². The number of hydrogen-bond acceptors (Lipinski definition) is 5. The Morgan fingerprint density at radius 2 is 1.69 bits per heavy atom. The Morgan fingerprint density at radius 3 is 2.44 bits per heavy atom. The number of para-hydroxylation sites is 1. The molecule has 0 spiro atoms. The molecule has 0 aliphatic rings. The van der Waals surface area contributed by atoms with Crippen LogP contribution in [0, 0.1) is 0 Å². The van der Waals surface area contributed by atoms with Crippen LogP contribution in [0.5, 0.6) is 11.5 Å². The second-order valence-electron chi connectivity index (χ2n) is 8.80. The number of benzene rings is 3. The summed E-state index contributed by atoms with van der Waals surface area (Å²) in [5, 5.41) is 32.9. The van der Waals surface area contributed by atoms with Crippen LogP contribution in [0.1, 0.15) is 54.2 Å². The number of aliphatic hydroxyl groups is 1. The van der Waals surface area contributed by atoms with Crippen molar-refractivity contribution >= 4 is 16.9 Å². The maximum absolute atomic E-state index is 12.2. The lowest BCUT2D eigenvalue weighted by Gasteiger charge is -2.13. The van der Waals surface area contributed by atoms with Crippen molar-refractivity contribution in [2.45, 2.75) is 52.7 Å². The number of fused-ring (bicyclic) bond motifs is 1. The summed E-state index contributed by atoms with van der Waals surface area (Å²) in [6.07, 6.45) is 4.07. The number of hydrogen-bond donors (Lipinski definition) is 3. The van der Waals surface area contributed by atoms with Gasteiger partial charge in [-0.2, -0.15) is 0 Å². The van der Waals surface area contributed by atoms with Crippen molar-refractivity contribution in [1.82, 2.24) is 4.57 Å². The highest BCUT2D eigenvalue weighted by Gasteiger charge is 2.18. The molecule has 0 aliphatic carbocycles. The van der Waals surface area contributed by atoms with Crippen LogP contribution < -0.4 is 0 Å². The first-order chi connectivity index (χ1) is 17.0. The van der Waals surface area contributed by atoms with Gasteiger partial charge in [-0.25, -0.2) is 4.79 Å². The Kier molecular flexibility index (Phi) is 9.14. The average molecular weight is 490 g/mol. The maximum Gasteiger partial charge on any atom is 0.338 e. The Bertz CT molecular complexity index is 1300. The van der Waals surface area contributed by atoms with Crippen molar-refractivity contribution < 1.29 is 24.9 Å². The van der Waals surface area contributed by atoms with E-state index >= 15 is 0 Å². The van der Waals surface area contributed by atoms with E-state index in [0.717, 1.165) is 41.3 Å². The van der Waals surface area contributed by atoms with Gasteiger partial charge in [0.05, 0.1) is 23.8 Å². The summed E-state index contributed by atoms with van der Waals surface area (Å²) < 4.78 is 7.26. The predicted molar refractivity (Wildman–Crippen MR) is 143 cm³/mol. The number of ether oxygens (including phenoxy) is 1. The molecule has 0 radical (unpaired) electrons. The number of aryl methyl sites for hydroxylation is 1. The van der Waals surface area contributed by atoms with E-state index in [1.54, 1.807) is 36.4 Å². The Hall–Kier alpha value is -3.77. The van der Waals surface area contributed by atoms with Gasteiger partial charge < -0.3 is 24.6 Å². The molecule has 190 valence electrons. The maximum atomic E-state index is 12.2. The molecule has 1 aromatic heterocycles. The van der Waals surface area contributed by atoms with Gasteiger partial charge in [0, 0.05) is 23.5 Å². The smallest absolute Gasteiger partial charge is 0.338 e. The number of rotatable bonds is 10. The zero-order valence-corrected chi connectivity index (χ0v) is 19.9. The van der Waals surface area contributed by atoms with Crippen LogP contribution in [0.25, 0.3) is 10.9 Å². The second-order valence-corrected chi connectivity index (χ2v) is 8.80. The lowest BCUT2D eigenvalue weighted by molar-refractivity contribution is 0.0259. The molecule has 3 N–H and O–H groups in total. The molecule has 4 aromatic rings. The minimum Gasteiger partial charge on any atom is -0.507 e. The zero-order valence-electron chi connectivity index (χ0n) is 19.9. The highest BCUT2D eigenvalue weighted by Crippen LogP contribution is 2.34. The van der Waals surface area contributed by atoms with E-state index in [-0.39, 0.29) is 32.1 Å². The lowest BCUT2D eigenvalue weighted by atomic mass is 10.0. The molecule has 3 aromatic carbocycles. The third-order valence-electron chi connectivity index (χ3n) is 6.21. The van der Waals surface area contributed by atoms with Gasteiger partial charge >= 0.3 is 5.97 Å². The number of unbranched alkanes of at least 4 members (excludes halogenated alkanes) is 1. The van der Waals surface area contributed by atoms with E-state index in [2.05, 4.69) is 6.92 Å². The first kappa shape index (κ1) is 26.8. The van der Waals surface area contributed by atoms with Crippen molar-refractivity contribution in [2.75, 3.05) is 6.61 Å². The van der Waals surface area contributed by atoms with Gasteiger partial charge in [0.2, 0.25) is 0 Å². The Labute approximate surface area is 212 Å². The number of carbonyl (C=O) groups is 1. The molecule has 0 saturated heterocycles. The van der Waals surface area contributed by atoms with Crippen LogP contribution in [0.3, 0.4) is 0 Å². The number of aromatic nitrogens is 1. The van der Waals surface area contributed by atoms with Crippen LogP contribution in [0.4, 0.5) is 0 Å². The molecule has 36 heavy (non-hydrogen) atoms. The third-order valence-corrected chi connectivity index (χ3v) is 6.21. The highest BCUT2D eigenvalue weighted by molar-refractivity contribution is 5.89. The number of phenols is 2. The van der Waals surface area contributed by atoms with Gasteiger partial charge in [0.1, 0.15) is 18.1 Å². The fourth-order valence-electron chi connectivity index (χ4n) is 4.33. The predicted octanol–water partition coefficient (Wildman–Crippen LogP) is 5.84. The van der Waals surface area contributed by atoms with Gasteiger partial charge in [-0.1, -0.05) is 63.2 Å². The Balaban J connectivity index is 0.00000361. The van der Waals surface area contributed by atoms with Crippen LogP contribution >= 0.6 is 0 Å². The first-order valence-electron chi connectivity index (χ1n) is 12.0. The number of aliphatic hydroxyl groups excluding tert-OH is 1. The molecular weight excluding hydrogens is 454 g/mol. The second kappa shape index (κ2) is 12.3. The molecule has 0 saturated carbocycles. The van der Waals surface area contributed by atoms with Gasteiger partial charge in [-0.15, -0.1) is 0 Å². The van der Waals surface area contributed by atoms with E-state index in [4.69, 9.17) is 4.74 Å². The van der Waals surface area contributed by atoms with Gasteiger partial charge in [0.15, 0.2) is 0 Å². The largest absolute Gasteiger partial charge is 0.507 e. The molecule has 0 unspecified atom stereocenters. The minimum absolute atomic E-state index is 0. The van der Waals surface area contributed by atoms with Gasteiger partial charge in [-0.3, -0.25) is 0 Å². The topological polar surface area (TPSA) is 91.9 Å². The van der Waals surface area contributed by atoms with Crippen molar-refractivity contribution in [3.63, 3.8) is 0 Å². The molecule has 6 nitrogen and oxygen atoms in total. The van der Waals surface area contributed by atoms with Crippen molar-refractivity contribution in [3.8, 4) is 11.5 Å². The molecule has 6 heteroatoms.